The van der Waals surface area contributed by atoms with Gasteiger partial charge in [0.2, 0.25) is 0 Å². The van der Waals surface area contributed by atoms with E-state index in [0.29, 0.717) is 17.8 Å². The molecule has 4 aromatic rings. The molecule has 0 saturated carbocycles. The van der Waals surface area contributed by atoms with Crippen molar-refractivity contribution in [3.05, 3.63) is 84.8 Å². The Bertz CT molecular complexity index is 1050. The number of carbonyl (C=O) groups is 1. The van der Waals surface area contributed by atoms with Gasteiger partial charge in [0.15, 0.2) is 0 Å². The van der Waals surface area contributed by atoms with E-state index in [2.05, 4.69) is 25.3 Å². The highest BCUT2D eigenvalue weighted by Gasteiger charge is 2.13. The number of pyridine rings is 4. The first-order valence-electron chi connectivity index (χ1n) is 8.14. The highest BCUT2D eigenvalue weighted by Crippen LogP contribution is 2.27. The summed E-state index contributed by atoms with van der Waals surface area (Å²) in [6.07, 6.45) is 8.59. The van der Waals surface area contributed by atoms with E-state index in [1.165, 1.54) is 0 Å². The molecule has 6 heteroatoms. The van der Waals surface area contributed by atoms with Crippen molar-refractivity contribution in [2.24, 2.45) is 0 Å². The maximum absolute atomic E-state index is 12.6. The van der Waals surface area contributed by atoms with Crippen molar-refractivity contribution in [3.63, 3.8) is 0 Å². The first-order chi connectivity index (χ1) is 12.8. The molecular weight excluding hydrogens is 326 g/mol. The lowest BCUT2D eigenvalue weighted by Crippen LogP contribution is -2.24. The van der Waals surface area contributed by atoms with Gasteiger partial charge in [-0.3, -0.25) is 19.7 Å². The fourth-order valence-electron chi connectivity index (χ4n) is 2.71. The van der Waals surface area contributed by atoms with Gasteiger partial charge < -0.3 is 5.32 Å². The number of nitrogens with one attached hydrogen (secondary N) is 1. The summed E-state index contributed by atoms with van der Waals surface area (Å²) in [5, 5.41) is 3.74. The molecule has 0 aliphatic carbocycles. The monoisotopic (exact) mass is 341 g/mol. The lowest BCUT2D eigenvalue weighted by molar-refractivity contribution is 0.0946. The van der Waals surface area contributed by atoms with Crippen LogP contribution in [0.1, 0.15) is 16.2 Å². The molecule has 0 bridgehead atoms. The van der Waals surface area contributed by atoms with Crippen LogP contribution in [0.5, 0.6) is 0 Å². The predicted molar refractivity (Wildman–Crippen MR) is 98.2 cm³/mol. The second-order valence-corrected chi connectivity index (χ2v) is 5.69. The van der Waals surface area contributed by atoms with Crippen LogP contribution in [0.3, 0.4) is 0 Å². The van der Waals surface area contributed by atoms with E-state index >= 15 is 0 Å². The average molecular weight is 341 g/mol. The third-order valence-electron chi connectivity index (χ3n) is 3.97. The largest absolute Gasteiger partial charge is 0.345 e. The number of amides is 1. The number of aromatic nitrogens is 4. The van der Waals surface area contributed by atoms with Gasteiger partial charge in [-0.15, -0.1) is 0 Å². The molecule has 0 atom stereocenters. The molecule has 0 spiro atoms. The van der Waals surface area contributed by atoms with E-state index in [1.807, 2.05) is 30.3 Å². The highest BCUT2D eigenvalue weighted by atomic mass is 16.1. The van der Waals surface area contributed by atoms with Crippen LogP contribution in [0.2, 0.25) is 0 Å². The molecule has 126 valence electrons. The van der Waals surface area contributed by atoms with Gasteiger partial charge in [0.05, 0.1) is 17.8 Å². The average Bonchev–Trinajstić information content (AvgIpc) is 2.72. The molecular formula is C20H15N5O. The minimum Gasteiger partial charge on any atom is -0.345 e. The van der Waals surface area contributed by atoms with Gasteiger partial charge >= 0.3 is 0 Å². The van der Waals surface area contributed by atoms with Gasteiger partial charge in [-0.05, 0) is 35.9 Å². The van der Waals surface area contributed by atoms with E-state index in [9.17, 15) is 4.79 Å². The molecule has 0 aliphatic rings. The van der Waals surface area contributed by atoms with E-state index in [4.69, 9.17) is 0 Å². The molecule has 0 radical (unpaired) electrons. The van der Waals surface area contributed by atoms with Crippen molar-refractivity contribution in [1.82, 2.24) is 25.3 Å². The van der Waals surface area contributed by atoms with Crippen LogP contribution in [0.15, 0.2) is 73.4 Å². The molecule has 4 rings (SSSR count). The van der Waals surface area contributed by atoms with Gasteiger partial charge in [-0.1, -0.05) is 12.1 Å². The van der Waals surface area contributed by atoms with Crippen molar-refractivity contribution in [2.75, 3.05) is 0 Å². The zero-order valence-corrected chi connectivity index (χ0v) is 13.8. The minimum atomic E-state index is -0.250. The highest BCUT2D eigenvalue weighted by molar-refractivity contribution is 6.00. The minimum absolute atomic E-state index is 0.250. The predicted octanol–water partition coefficient (Wildman–Crippen LogP) is 3.02. The molecule has 0 aromatic carbocycles. The third kappa shape index (κ3) is 3.25. The second-order valence-electron chi connectivity index (χ2n) is 5.69. The van der Waals surface area contributed by atoms with Gasteiger partial charge in [0.25, 0.3) is 5.91 Å². The fourth-order valence-corrected chi connectivity index (χ4v) is 2.71. The summed E-state index contributed by atoms with van der Waals surface area (Å²) in [7, 11) is 0. The summed E-state index contributed by atoms with van der Waals surface area (Å²) in [5.41, 5.74) is 3.63. The molecule has 4 aromatic heterocycles. The Hall–Kier alpha value is -3.67. The molecule has 0 saturated heterocycles. The molecule has 1 amide bonds. The van der Waals surface area contributed by atoms with Crippen LogP contribution in [0.25, 0.3) is 22.0 Å². The third-order valence-corrected chi connectivity index (χ3v) is 3.97. The van der Waals surface area contributed by atoms with Crippen LogP contribution in [0, 0.1) is 0 Å². The molecule has 1 N–H and O–H groups in total. The molecule has 0 fully saturated rings. The Balaban J connectivity index is 1.70. The van der Waals surface area contributed by atoms with Gasteiger partial charge in [-0.25, -0.2) is 4.98 Å². The quantitative estimate of drug-likeness (QED) is 0.617. The lowest BCUT2D eigenvalue weighted by atomic mass is 10.0. The van der Waals surface area contributed by atoms with Crippen molar-refractivity contribution >= 4 is 16.8 Å². The number of hydrogen-bond donors (Lipinski definition) is 1. The van der Waals surface area contributed by atoms with Crippen LogP contribution in [0.4, 0.5) is 0 Å². The second kappa shape index (κ2) is 7.06. The first-order valence-corrected chi connectivity index (χ1v) is 8.14. The smallest absolute Gasteiger partial charge is 0.270 e. The summed E-state index contributed by atoms with van der Waals surface area (Å²) in [6.45, 7) is 0.345. The van der Waals surface area contributed by atoms with E-state index in [1.54, 1.807) is 43.1 Å². The Kier molecular flexibility index (Phi) is 4.30. The van der Waals surface area contributed by atoms with Crippen LogP contribution in [-0.4, -0.2) is 25.8 Å². The molecule has 0 unspecified atom stereocenters. The number of hydrogen-bond acceptors (Lipinski definition) is 5. The van der Waals surface area contributed by atoms with E-state index in [0.717, 1.165) is 22.2 Å². The fraction of sp³-hybridized carbons (Fsp3) is 0.0500. The number of nitrogens with zero attached hydrogens (tertiary/aromatic N) is 4. The SMILES string of the molecule is O=C(NCc1ccccn1)c1cc(-c2cccnc2)c2cnccc2n1. The van der Waals surface area contributed by atoms with Crippen LogP contribution < -0.4 is 5.32 Å². The lowest BCUT2D eigenvalue weighted by Gasteiger charge is -2.10. The van der Waals surface area contributed by atoms with Crippen LogP contribution >= 0.6 is 0 Å². The summed E-state index contributed by atoms with van der Waals surface area (Å²) in [5.74, 6) is -0.250. The van der Waals surface area contributed by atoms with Crippen molar-refractivity contribution in [3.8, 4) is 11.1 Å². The molecule has 0 aliphatic heterocycles. The Morgan fingerprint density at radius 2 is 1.88 bits per heavy atom. The Morgan fingerprint density at radius 3 is 2.69 bits per heavy atom. The Labute approximate surface area is 150 Å². The number of fused-ring (bicyclic) bond motifs is 1. The number of rotatable bonds is 4. The van der Waals surface area contributed by atoms with E-state index < -0.39 is 0 Å². The maximum atomic E-state index is 12.6. The normalized spacial score (nSPS) is 10.6. The van der Waals surface area contributed by atoms with Crippen molar-refractivity contribution in [1.29, 1.82) is 0 Å². The summed E-state index contributed by atoms with van der Waals surface area (Å²) < 4.78 is 0. The standard InChI is InChI=1S/C20H15N5O/c26-20(24-12-15-5-1-2-8-23-15)19-10-16(14-4-3-7-21-11-14)17-13-22-9-6-18(17)25-19/h1-11,13H,12H2,(H,24,26). The molecule has 26 heavy (non-hydrogen) atoms. The van der Waals surface area contributed by atoms with E-state index in [-0.39, 0.29) is 5.91 Å². The summed E-state index contributed by atoms with van der Waals surface area (Å²) in [6, 6.07) is 13.0. The number of carbonyl (C=O) groups excluding carboxylic acids is 1. The van der Waals surface area contributed by atoms with Gasteiger partial charge in [0.1, 0.15) is 5.69 Å². The molecule has 6 nitrogen and oxygen atoms in total. The maximum Gasteiger partial charge on any atom is 0.270 e. The van der Waals surface area contributed by atoms with Crippen molar-refractivity contribution < 1.29 is 4.79 Å². The molecule has 4 heterocycles. The van der Waals surface area contributed by atoms with Crippen LogP contribution in [-0.2, 0) is 6.54 Å². The Morgan fingerprint density at radius 1 is 0.962 bits per heavy atom. The van der Waals surface area contributed by atoms with Gasteiger partial charge in [-0.2, -0.15) is 0 Å². The van der Waals surface area contributed by atoms with Gasteiger partial charge in [0, 0.05) is 41.9 Å². The zero-order valence-electron chi connectivity index (χ0n) is 13.8. The first kappa shape index (κ1) is 15.8. The van der Waals surface area contributed by atoms with Crippen molar-refractivity contribution in [2.45, 2.75) is 6.54 Å². The zero-order chi connectivity index (χ0) is 17.8. The summed E-state index contributed by atoms with van der Waals surface area (Å²) in [4.78, 5) is 29.7. The summed E-state index contributed by atoms with van der Waals surface area (Å²) >= 11 is 0. The topological polar surface area (TPSA) is 80.7 Å².